The Morgan fingerprint density at radius 1 is 1.38 bits per heavy atom. The third-order valence-corrected chi connectivity index (χ3v) is 3.24. The molecular weight excluding hydrogens is 268 g/mol. The Morgan fingerprint density at radius 3 is 2.67 bits per heavy atom. The number of imide groups is 1. The van der Waals surface area contributed by atoms with Gasteiger partial charge in [0.15, 0.2) is 0 Å². The standard InChI is InChI=1S/C16H20N2O3/c1-16(2)11-21-14(17-16)15(20)18(12-19)10-6-9-13-7-4-3-5-8-13/h3-5,7-8,12H,6,9-11H2,1-2H3. The van der Waals surface area contributed by atoms with Crippen molar-refractivity contribution in [1.82, 2.24) is 4.90 Å². The number of aryl methyl sites for hydroxylation is 1. The van der Waals surface area contributed by atoms with Gasteiger partial charge in [-0.15, -0.1) is 0 Å². The van der Waals surface area contributed by atoms with Gasteiger partial charge in [-0.25, -0.2) is 4.99 Å². The number of rotatable bonds is 6. The van der Waals surface area contributed by atoms with Crippen LogP contribution < -0.4 is 0 Å². The second kappa shape index (κ2) is 6.52. The topological polar surface area (TPSA) is 59.0 Å². The lowest BCUT2D eigenvalue weighted by Crippen LogP contribution is -2.36. The van der Waals surface area contributed by atoms with E-state index in [1.165, 1.54) is 5.56 Å². The molecular formula is C16H20N2O3. The second-order valence-corrected chi connectivity index (χ2v) is 5.71. The van der Waals surface area contributed by atoms with Crippen LogP contribution in [0, 0.1) is 0 Å². The highest BCUT2D eigenvalue weighted by Gasteiger charge is 2.32. The maximum absolute atomic E-state index is 12.1. The number of aliphatic imine (C=N–C) groups is 1. The molecule has 0 spiro atoms. The van der Waals surface area contributed by atoms with E-state index in [4.69, 9.17) is 4.74 Å². The summed E-state index contributed by atoms with van der Waals surface area (Å²) in [5.74, 6) is -0.421. The van der Waals surface area contributed by atoms with Crippen LogP contribution in [-0.2, 0) is 20.7 Å². The highest BCUT2D eigenvalue weighted by molar-refractivity contribution is 6.37. The summed E-state index contributed by atoms with van der Waals surface area (Å²) in [7, 11) is 0. The molecule has 0 fully saturated rings. The lowest BCUT2D eigenvalue weighted by molar-refractivity contribution is -0.134. The highest BCUT2D eigenvalue weighted by atomic mass is 16.5. The van der Waals surface area contributed by atoms with Gasteiger partial charge in [0.1, 0.15) is 6.61 Å². The highest BCUT2D eigenvalue weighted by Crippen LogP contribution is 2.17. The van der Waals surface area contributed by atoms with Gasteiger partial charge in [0.05, 0.1) is 5.54 Å². The van der Waals surface area contributed by atoms with Crippen molar-refractivity contribution in [2.24, 2.45) is 4.99 Å². The van der Waals surface area contributed by atoms with E-state index >= 15 is 0 Å². The molecule has 1 heterocycles. The number of carbonyl (C=O) groups is 2. The fourth-order valence-corrected chi connectivity index (χ4v) is 2.12. The maximum atomic E-state index is 12.1. The summed E-state index contributed by atoms with van der Waals surface area (Å²) >= 11 is 0. The number of hydrogen-bond acceptors (Lipinski definition) is 4. The first-order valence-electron chi connectivity index (χ1n) is 7.05. The average Bonchev–Trinajstić information content (AvgIpc) is 2.84. The number of ether oxygens (including phenoxy) is 1. The number of benzene rings is 1. The molecule has 0 saturated carbocycles. The smallest absolute Gasteiger partial charge is 0.315 e. The van der Waals surface area contributed by atoms with Gasteiger partial charge in [-0.05, 0) is 32.3 Å². The third kappa shape index (κ3) is 4.15. The molecule has 0 radical (unpaired) electrons. The van der Waals surface area contributed by atoms with Crippen LogP contribution in [0.15, 0.2) is 35.3 Å². The zero-order valence-corrected chi connectivity index (χ0v) is 12.4. The molecule has 0 bridgehead atoms. The minimum Gasteiger partial charge on any atom is -0.471 e. The third-order valence-electron chi connectivity index (χ3n) is 3.24. The van der Waals surface area contributed by atoms with Crippen LogP contribution in [0.5, 0.6) is 0 Å². The molecule has 2 rings (SSSR count). The van der Waals surface area contributed by atoms with Gasteiger partial charge in [-0.3, -0.25) is 14.5 Å². The lowest BCUT2D eigenvalue weighted by Gasteiger charge is -2.14. The van der Waals surface area contributed by atoms with Gasteiger partial charge in [0.2, 0.25) is 6.41 Å². The molecule has 0 unspecified atom stereocenters. The lowest BCUT2D eigenvalue weighted by atomic mass is 10.1. The van der Waals surface area contributed by atoms with E-state index in [1.807, 2.05) is 44.2 Å². The average molecular weight is 288 g/mol. The van der Waals surface area contributed by atoms with E-state index in [9.17, 15) is 9.59 Å². The van der Waals surface area contributed by atoms with Crippen LogP contribution in [0.3, 0.4) is 0 Å². The van der Waals surface area contributed by atoms with Gasteiger partial charge in [-0.1, -0.05) is 30.3 Å². The summed E-state index contributed by atoms with van der Waals surface area (Å²) in [6.45, 7) is 4.49. The monoisotopic (exact) mass is 288 g/mol. The molecule has 5 heteroatoms. The number of amides is 2. The van der Waals surface area contributed by atoms with Crippen LogP contribution >= 0.6 is 0 Å². The van der Waals surface area contributed by atoms with Crippen LogP contribution in [0.25, 0.3) is 0 Å². The van der Waals surface area contributed by atoms with E-state index in [1.54, 1.807) is 0 Å². The van der Waals surface area contributed by atoms with E-state index in [0.29, 0.717) is 26.0 Å². The van der Waals surface area contributed by atoms with Crippen molar-refractivity contribution in [3.05, 3.63) is 35.9 Å². The zero-order chi connectivity index (χ0) is 15.3. The first kappa shape index (κ1) is 15.2. The Balaban J connectivity index is 1.88. The Hall–Kier alpha value is -2.17. The Morgan fingerprint density at radius 2 is 2.10 bits per heavy atom. The van der Waals surface area contributed by atoms with Crippen molar-refractivity contribution in [3.8, 4) is 0 Å². The molecule has 1 aliphatic rings. The van der Waals surface area contributed by atoms with Crippen LogP contribution in [-0.4, -0.2) is 41.8 Å². The second-order valence-electron chi connectivity index (χ2n) is 5.71. The summed E-state index contributed by atoms with van der Waals surface area (Å²) in [6.07, 6.45) is 2.08. The van der Waals surface area contributed by atoms with Crippen LogP contribution in [0.1, 0.15) is 25.8 Å². The summed E-state index contributed by atoms with van der Waals surface area (Å²) in [5, 5.41) is 0. The predicted octanol–water partition coefficient (Wildman–Crippen LogP) is 1.81. The number of hydrogen-bond donors (Lipinski definition) is 0. The number of nitrogens with zero attached hydrogens (tertiary/aromatic N) is 2. The summed E-state index contributed by atoms with van der Waals surface area (Å²) in [6, 6.07) is 9.96. The fraction of sp³-hybridized carbons (Fsp3) is 0.438. The van der Waals surface area contributed by atoms with E-state index in [0.717, 1.165) is 11.3 Å². The van der Waals surface area contributed by atoms with Crippen molar-refractivity contribution in [2.45, 2.75) is 32.2 Å². The fourth-order valence-electron chi connectivity index (χ4n) is 2.12. The Labute approximate surface area is 124 Å². The molecule has 0 N–H and O–H groups in total. The first-order chi connectivity index (χ1) is 10.0. The molecule has 1 aliphatic heterocycles. The SMILES string of the molecule is CC1(C)COC(C(=O)N(C=O)CCCc2ccccc2)=N1. The molecule has 0 aromatic heterocycles. The van der Waals surface area contributed by atoms with Gasteiger partial charge in [0, 0.05) is 6.54 Å². The van der Waals surface area contributed by atoms with Crippen molar-refractivity contribution in [1.29, 1.82) is 0 Å². The number of carbonyl (C=O) groups excluding carboxylic acids is 2. The Kier molecular flexibility index (Phi) is 4.73. The first-order valence-corrected chi connectivity index (χ1v) is 7.05. The van der Waals surface area contributed by atoms with Crippen LogP contribution in [0.2, 0.25) is 0 Å². The minimum absolute atomic E-state index is 0.0341. The molecule has 5 nitrogen and oxygen atoms in total. The molecule has 1 aromatic carbocycles. The van der Waals surface area contributed by atoms with Crippen molar-refractivity contribution < 1.29 is 14.3 Å². The molecule has 21 heavy (non-hydrogen) atoms. The predicted molar refractivity (Wildman–Crippen MR) is 80.0 cm³/mol. The normalized spacial score (nSPS) is 16.0. The van der Waals surface area contributed by atoms with Gasteiger partial charge in [0.25, 0.3) is 5.90 Å². The molecule has 0 atom stereocenters. The maximum Gasteiger partial charge on any atom is 0.315 e. The largest absolute Gasteiger partial charge is 0.471 e. The van der Waals surface area contributed by atoms with Crippen molar-refractivity contribution in [2.75, 3.05) is 13.2 Å². The van der Waals surface area contributed by atoms with Gasteiger partial charge < -0.3 is 4.74 Å². The molecule has 1 aromatic rings. The van der Waals surface area contributed by atoms with E-state index in [2.05, 4.69) is 4.99 Å². The van der Waals surface area contributed by atoms with E-state index in [-0.39, 0.29) is 5.90 Å². The minimum atomic E-state index is -0.455. The summed E-state index contributed by atoms with van der Waals surface area (Å²) in [4.78, 5) is 28.6. The summed E-state index contributed by atoms with van der Waals surface area (Å²) in [5.41, 5.74) is 0.787. The molecule has 112 valence electrons. The molecule has 2 amide bonds. The zero-order valence-electron chi connectivity index (χ0n) is 12.4. The van der Waals surface area contributed by atoms with Crippen molar-refractivity contribution in [3.63, 3.8) is 0 Å². The van der Waals surface area contributed by atoms with Gasteiger partial charge >= 0.3 is 5.91 Å². The Bertz CT molecular complexity index is 538. The van der Waals surface area contributed by atoms with Crippen LogP contribution in [0.4, 0.5) is 0 Å². The van der Waals surface area contributed by atoms with E-state index < -0.39 is 11.4 Å². The quantitative estimate of drug-likeness (QED) is 0.750. The van der Waals surface area contributed by atoms with Crippen molar-refractivity contribution >= 4 is 18.2 Å². The molecule has 0 aliphatic carbocycles. The summed E-state index contributed by atoms with van der Waals surface area (Å²) < 4.78 is 5.28. The molecule has 0 saturated heterocycles. The van der Waals surface area contributed by atoms with Gasteiger partial charge in [-0.2, -0.15) is 0 Å².